The third-order valence-corrected chi connectivity index (χ3v) is 4.98. The van der Waals surface area contributed by atoms with E-state index >= 15 is 0 Å². The summed E-state index contributed by atoms with van der Waals surface area (Å²) in [6, 6.07) is 33.8. The van der Waals surface area contributed by atoms with E-state index in [2.05, 4.69) is 101 Å². The highest BCUT2D eigenvalue weighted by molar-refractivity contribution is 5.98. The zero-order valence-electron chi connectivity index (χ0n) is 15.7. The molecule has 0 amide bonds. The molecule has 0 atom stereocenters. The fraction of sp³-hybridized carbons (Fsp3) is 0.0400. The van der Waals surface area contributed by atoms with Crippen molar-refractivity contribution in [2.24, 2.45) is 0 Å². The van der Waals surface area contributed by atoms with Crippen molar-refractivity contribution in [1.82, 2.24) is 0 Å². The van der Waals surface area contributed by atoms with Gasteiger partial charge in [0.15, 0.2) is 0 Å². The number of para-hydroxylation sites is 2. The van der Waals surface area contributed by atoms with E-state index in [0.717, 1.165) is 39.8 Å². The van der Waals surface area contributed by atoms with Crippen LogP contribution in [0.15, 0.2) is 97.1 Å². The van der Waals surface area contributed by atoms with Crippen molar-refractivity contribution in [2.45, 2.75) is 6.92 Å². The van der Waals surface area contributed by atoms with Crippen LogP contribution in [-0.4, -0.2) is 0 Å². The fourth-order valence-corrected chi connectivity index (χ4v) is 3.66. The Balaban J connectivity index is 1.63. The molecule has 28 heavy (non-hydrogen) atoms. The molecule has 4 aromatic carbocycles. The summed E-state index contributed by atoms with van der Waals surface area (Å²) in [5.74, 6) is 0. The van der Waals surface area contributed by atoms with Crippen molar-refractivity contribution >= 4 is 39.8 Å². The summed E-state index contributed by atoms with van der Waals surface area (Å²) < 4.78 is 0. The number of hydrogen-bond donors (Lipinski definition) is 2. The maximum absolute atomic E-state index is 3.60. The largest absolute Gasteiger partial charge is 0.355 e. The lowest BCUT2D eigenvalue weighted by molar-refractivity contribution is 1.24. The first-order valence-corrected chi connectivity index (χ1v) is 9.47. The van der Waals surface area contributed by atoms with Gasteiger partial charge in [-0.3, -0.25) is 0 Å². The van der Waals surface area contributed by atoms with Gasteiger partial charge in [0.1, 0.15) is 0 Å². The minimum Gasteiger partial charge on any atom is -0.355 e. The predicted octanol–water partition coefficient (Wildman–Crippen LogP) is 7.27. The minimum absolute atomic E-state index is 1.06. The second kappa shape index (κ2) is 6.78. The molecule has 0 saturated heterocycles. The van der Waals surface area contributed by atoms with Crippen LogP contribution in [0.3, 0.4) is 0 Å². The molecule has 1 aliphatic heterocycles. The molecular formula is C25H21N3. The molecule has 0 spiro atoms. The molecule has 0 bridgehead atoms. The molecule has 3 nitrogen and oxygen atoms in total. The Kier molecular flexibility index (Phi) is 3.99. The number of aryl methyl sites for hydroxylation is 1. The Bertz CT molecular complexity index is 1120. The van der Waals surface area contributed by atoms with Crippen LogP contribution < -0.4 is 15.5 Å². The highest BCUT2D eigenvalue weighted by Crippen LogP contribution is 2.48. The van der Waals surface area contributed by atoms with Gasteiger partial charge in [0, 0.05) is 17.1 Å². The van der Waals surface area contributed by atoms with E-state index in [1.54, 1.807) is 0 Å². The summed E-state index contributed by atoms with van der Waals surface area (Å²) in [5.41, 5.74) is 9.03. The van der Waals surface area contributed by atoms with Gasteiger partial charge in [0.25, 0.3) is 0 Å². The minimum atomic E-state index is 1.06. The Hall–Kier alpha value is -3.72. The first kappa shape index (κ1) is 16.5. The number of fused-ring (bicyclic) bond motifs is 2. The highest BCUT2D eigenvalue weighted by Gasteiger charge is 2.24. The van der Waals surface area contributed by atoms with Crippen molar-refractivity contribution in [2.75, 3.05) is 15.5 Å². The van der Waals surface area contributed by atoms with Gasteiger partial charge in [-0.05, 0) is 67.1 Å². The van der Waals surface area contributed by atoms with Gasteiger partial charge >= 0.3 is 0 Å². The second-order valence-electron chi connectivity index (χ2n) is 7.04. The Labute approximate surface area is 165 Å². The summed E-state index contributed by atoms with van der Waals surface area (Å²) in [4.78, 5) is 2.32. The maximum Gasteiger partial charge on any atom is 0.0718 e. The summed E-state index contributed by atoms with van der Waals surface area (Å²) in [6.45, 7) is 2.12. The van der Waals surface area contributed by atoms with Gasteiger partial charge in [0.2, 0.25) is 0 Å². The van der Waals surface area contributed by atoms with Gasteiger partial charge in [-0.1, -0.05) is 42.5 Å². The molecule has 0 saturated carbocycles. The molecule has 3 heteroatoms. The number of hydrogen-bond acceptors (Lipinski definition) is 3. The van der Waals surface area contributed by atoms with Gasteiger partial charge < -0.3 is 15.5 Å². The molecule has 5 rings (SSSR count). The van der Waals surface area contributed by atoms with E-state index in [1.165, 1.54) is 5.56 Å². The molecular weight excluding hydrogens is 342 g/mol. The van der Waals surface area contributed by atoms with Crippen LogP contribution in [0, 0.1) is 6.92 Å². The Morgan fingerprint density at radius 1 is 0.643 bits per heavy atom. The predicted molar refractivity (Wildman–Crippen MR) is 119 cm³/mol. The monoisotopic (exact) mass is 363 g/mol. The first-order valence-electron chi connectivity index (χ1n) is 9.47. The number of benzene rings is 4. The summed E-state index contributed by atoms with van der Waals surface area (Å²) in [5, 5.41) is 7.11. The molecule has 0 radical (unpaired) electrons. The number of nitrogens with one attached hydrogen (secondary N) is 2. The van der Waals surface area contributed by atoms with E-state index in [4.69, 9.17) is 0 Å². The topological polar surface area (TPSA) is 27.3 Å². The van der Waals surface area contributed by atoms with Crippen molar-refractivity contribution in [3.8, 4) is 0 Å². The van der Waals surface area contributed by atoms with Gasteiger partial charge in [-0.25, -0.2) is 0 Å². The zero-order valence-corrected chi connectivity index (χ0v) is 15.7. The van der Waals surface area contributed by atoms with E-state index in [0.29, 0.717) is 0 Å². The van der Waals surface area contributed by atoms with Crippen LogP contribution in [0.5, 0.6) is 0 Å². The lowest BCUT2D eigenvalue weighted by Gasteiger charge is -2.34. The molecule has 0 fully saturated rings. The lowest BCUT2D eigenvalue weighted by Crippen LogP contribution is -2.18. The number of nitrogens with zero attached hydrogens (tertiary/aromatic N) is 1. The van der Waals surface area contributed by atoms with Gasteiger partial charge in [-0.2, -0.15) is 0 Å². The van der Waals surface area contributed by atoms with Crippen molar-refractivity contribution in [3.05, 3.63) is 103 Å². The summed E-state index contributed by atoms with van der Waals surface area (Å²) >= 11 is 0. The number of anilines is 7. The molecule has 136 valence electrons. The molecule has 0 aromatic heterocycles. The normalized spacial score (nSPS) is 12.0. The van der Waals surface area contributed by atoms with Crippen LogP contribution in [0.25, 0.3) is 0 Å². The quantitative estimate of drug-likeness (QED) is 0.353. The molecule has 1 heterocycles. The van der Waals surface area contributed by atoms with Crippen molar-refractivity contribution < 1.29 is 0 Å². The van der Waals surface area contributed by atoms with Crippen LogP contribution in [0.2, 0.25) is 0 Å². The summed E-state index contributed by atoms with van der Waals surface area (Å²) in [6.07, 6.45) is 0. The standard InChI is InChI=1S/C25H21N3/c1-18-12-15-24-23(16-18)27-22-14-13-20(26-19-8-4-2-5-9-19)17-25(22)28(24)21-10-6-3-7-11-21/h2-17,26-27H,1H3. The molecule has 2 N–H and O–H groups in total. The van der Waals surface area contributed by atoms with E-state index in [1.807, 2.05) is 18.2 Å². The summed E-state index contributed by atoms with van der Waals surface area (Å²) in [7, 11) is 0. The highest BCUT2D eigenvalue weighted by atomic mass is 15.2. The molecule has 0 aliphatic carbocycles. The molecule has 0 unspecified atom stereocenters. The van der Waals surface area contributed by atoms with Crippen LogP contribution in [-0.2, 0) is 0 Å². The Morgan fingerprint density at radius 3 is 2.18 bits per heavy atom. The van der Waals surface area contributed by atoms with Crippen LogP contribution >= 0.6 is 0 Å². The fourth-order valence-electron chi connectivity index (χ4n) is 3.66. The maximum atomic E-state index is 3.60. The average Bonchev–Trinajstić information content (AvgIpc) is 2.73. The van der Waals surface area contributed by atoms with Crippen molar-refractivity contribution in [1.29, 1.82) is 0 Å². The van der Waals surface area contributed by atoms with Crippen LogP contribution in [0.1, 0.15) is 5.56 Å². The zero-order chi connectivity index (χ0) is 18.9. The van der Waals surface area contributed by atoms with Crippen molar-refractivity contribution in [3.63, 3.8) is 0 Å². The Morgan fingerprint density at radius 2 is 1.39 bits per heavy atom. The number of rotatable bonds is 3. The van der Waals surface area contributed by atoms with E-state index in [9.17, 15) is 0 Å². The molecule has 1 aliphatic rings. The third kappa shape index (κ3) is 2.97. The smallest absolute Gasteiger partial charge is 0.0718 e. The van der Waals surface area contributed by atoms with Gasteiger partial charge in [-0.15, -0.1) is 0 Å². The first-order chi connectivity index (χ1) is 13.8. The lowest BCUT2D eigenvalue weighted by atomic mass is 10.1. The van der Waals surface area contributed by atoms with Gasteiger partial charge in [0.05, 0.1) is 22.7 Å². The average molecular weight is 363 g/mol. The third-order valence-electron chi connectivity index (χ3n) is 4.98. The SMILES string of the molecule is Cc1ccc2c(c1)Nc1ccc(Nc3ccccc3)cc1N2c1ccccc1. The second-order valence-corrected chi connectivity index (χ2v) is 7.04. The van der Waals surface area contributed by atoms with E-state index < -0.39 is 0 Å². The molecule has 4 aromatic rings. The van der Waals surface area contributed by atoms with Crippen LogP contribution in [0.4, 0.5) is 39.8 Å². The van der Waals surface area contributed by atoms with E-state index in [-0.39, 0.29) is 0 Å².